The largest absolute Gasteiger partial charge is 0.466 e. The summed E-state index contributed by atoms with van der Waals surface area (Å²) in [7, 11) is 0. The number of carbonyl (C=O) groups excluding carboxylic acids is 3. The quantitative estimate of drug-likeness (QED) is 0.559. The van der Waals surface area contributed by atoms with Crippen LogP contribution in [0.3, 0.4) is 0 Å². The molecule has 0 aromatic carbocycles. The summed E-state index contributed by atoms with van der Waals surface area (Å²) >= 11 is 1.66. The van der Waals surface area contributed by atoms with Crippen molar-refractivity contribution in [2.45, 2.75) is 26.7 Å². The molecular weight excluding hydrogens is 266 g/mol. The molecule has 0 spiro atoms. The number of ketones is 1. The Hall–Kier alpha value is -1.04. The number of ether oxygens (including phenoxy) is 1. The van der Waals surface area contributed by atoms with E-state index in [4.69, 9.17) is 4.74 Å². The highest BCUT2D eigenvalue weighted by atomic mass is 32.2. The lowest BCUT2D eigenvalue weighted by molar-refractivity contribution is -0.143. The summed E-state index contributed by atoms with van der Waals surface area (Å²) in [5.41, 5.74) is 0. The Morgan fingerprint density at radius 2 is 2.16 bits per heavy atom. The van der Waals surface area contributed by atoms with E-state index in [-0.39, 0.29) is 29.5 Å². The smallest absolute Gasteiger partial charge is 0.302 e. The molecule has 0 bridgehead atoms. The third-order valence-electron chi connectivity index (χ3n) is 3.16. The van der Waals surface area contributed by atoms with Crippen molar-refractivity contribution in [3.05, 3.63) is 0 Å². The van der Waals surface area contributed by atoms with Crippen LogP contribution >= 0.6 is 11.8 Å². The molecule has 5 nitrogen and oxygen atoms in total. The molecule has 19 heavy (non-hydrogen) atoms. The van der Waals surface area contributed by atoms with Crippen LogP contribution in [-0.2, 0) is 19.1 Å². The van der Waals surface area contributed by atoms with Crippen molar-refractivity contribution < 1.29 is 19.1 Å². The van der Waals surface area contributed by atoms with E-state index in [9.17, 15) is 14.4 Å². The Labute approximate surface area is 117 Å². The van der Waals surface area contributed by atoms with Gasteiger partial charge in [0.1, 0.15) is 5.78 Å². The SMILES string of the molecule is CC(=O)NCCSC[C@H]1C(=O)CC[C@@H]1COC(C)=O. The Balaban J connectivity index is 2.26. The predicted molar refractivity (Wildman–Crippen MR) is 73.9 cm³/mol. The number of amides is 1. The Morgan fingerprint density at radius 1 is 1.42 bits per heavy atom. The maximum Gasteiger partial charge on any atom is 0.302 e. The molecule has 1 N–H and O–H groups in total. The van der Waals surface area contributed by atoms with Crippen molar-refractivity contribution in [1.82, 2.24) is 5.32 Å². The van der Waals surface area contributed by atoms with Gasteiger partial charge in [0.2, 0.25) is 5.91 Å². The highest BCUT2D eigenvalue weighted by molar-refractivity contribution is 7.99. The molecule has 2 atom stereocenters. The molecule has 1 rings (SSSR count). The second kappa shape index (κ2) is 8.19. The number of hydrogen-bond acceptors (Lipinski definition) is 5. The minimum Gasteiger partial charge on any atom is -0.466 e. The van der Waals surface area contributed by atoms with Crippen LogP contribution in [0.4, 0.5) is 0 Å². The summed E-state index contributed by atoms with van der Waals surface area (Å²) in [6.07, 6.45) is 1.39. The first-order valence-electron chi connectivity index (χ1n) is 6.49. The van der Waals surface area contributed by atoms with E-state index < -0.39 is 0 Å². The number of nitrogens with one attached hydrogen (secondary N) is 1. The van der Waals surface area contributed by atoms with E-state index in [0.717, 1.165) is 17.9 Å². The molecule has 0 unspecified atom stereocenters. The first-order chi connectivity index (χ1) is 9.00. The third-order valence-corrected chi connectivity index (χ3v) is 4.25. The van der Waals surface area contributed by atoms with Gasteiger partial charge in [-0.3, -0.25) is 14.4 Å². The first-order valence-corrected chi connectivity index (χ1v) is 7.64. The molecule has 0 heterocycles. The van der Waals surface area contributed by atoms with Crippen molar-refractivity contribution in [2.24, 2.45) is 11.8 Å². The third kappa shape index (κ3) is 6.09. The molecule has 6 heteroatoms. The topological polar surface area (TPSA) is 72.5 Å². The van der Waals surface area contributed by atoms with Gasteiger partial charge in [-0.05, 0) is 6.42 Å². The van der Waals surface area contributed by atoms with Crippen LogP contribution in [0.15, 0.2) is 0 Å². The zero-order chi connectivity index (χ0) is 14.3. The molecule has 1 aliphatic carbocycles. The van der Waals surface area contributed by atoms with Gasteiger partial charge in [0.15, 0.2) is 0 Å². The lowest BCUT2D eigenvalue weighted by atomic mass is 9.98. The van der Waals surface area contributed by atoms with Crippen LogP contribution in [0.25, 0.3) is 0 Å². The van der Waals surface area contributed by atoms with E-state index in [1.807, 2.05) is 0 Å². The van der Waals surface area contributed by atoms with Gasteiger partial charge in [-0.25, -0.2) is 0 Å². The average molecular weight is 287 g/mol. The summed E-state index contributed by atoms with van der Waals surface area (Å²) in [5.74, 6) is 1.62. The number of rotatable bonds is 7. The molecule has 1 aliphatic rings. The van der Waals surface area contributed by atoms with Gasteiger partial charge in [-0.1, -0.05) is 0 Å². The van der Waals surface area contributed by atoms with Crippen molar-refractivity contribution in [3.8, 4) is 0 Å². The van der Waals surface area contributed by atoms with E-state index in [1.165, 1.54) is 13.8 Å². The Kier molecular flexibility index (Phi) is 6.91. The van der Waals surface area contributed by atoms with Gasteiger partial charge in [0, 0.05) is 50.2 Å². The minimum atomic E-state index is -0.295. The fourth-order valence-electron chi connectivity index (χ4n) is 2.14. The molecule has 0 aromatic heterocycles. The van der Waals surface area contributed by atoms with Crippen molar-refractivity contribution in [3.63, 3.8) is 0 Å². The molecule has 0 aromatic rings. The fourth-order valence-corrected chi connectivity index (χ4v) is 3.26. The highest BCUT2D eigenvalue weighted by Gasteiger charge is 2.34. The molecule has 0 radical (unpaired) electrons. The average Bonchev–Trinajstić information content (AvgIpc) is 2.67. The molecule has 0 aliphatic heterocycles. The summed E-state index contributed by atoms with van der Waals surface area (Å²) in [6, 6.07) is 0. The monoisotopic (exact) mass is 287 g/mol. The zero-order valence-corrected chi connectivity index (χ0v) is 12.3. The Morgan fingerprint density at radius 3 is 2.79 bits per heavy atom. The molecule has 1 amide bonds. The van der Waals surface area contributed by atoms with E-state index in [1.54, 1.807) is 11.8 Å². The van der Waals surface area contributed by atoms with Gasteiger partial charge in [-0.2, -0.15) is 11.8 Å². The van der Waals surface area contributed by atoms with Crippen LogP contribution in [0.2, 0.25) is 0 Å². The normalized spacial score (nSPS) is 22.3. The van der Waals surface area contributed by atoms with Crippen LogP contribution < -0.4 is 5.32 Å². The molecule has 1 saturated carbocycles. The van der Waals surface area contributed by atoms with Gasteiger partial charge >= 0.3 is 5.97 Å². The van der Waals surface area contributed by atoms with Gasteiger partial charge in [0.05, 0.1) is 6.61 Å². The Bertz CT molecular complexity index is 346. The molecule has 0 saturated heterocycles. The number of hydrogen-bond donors (Lipinski definition) is 1. The van der Waals surface area contributed by atoms with E-state index >= 15 is 0 Å². The van der Waals surface area contributed by atoms with Crippen molar-refractivity contribution in [2.75, 3.05) is 24.7 Å². The number of Topliss-reactive ketones (excluding diaryl/α,β-unsaturated/α-hetero) is 1. The zero-order valence-electron chi connectivity index (χ0n) is 11.4. The summed E-state index contributed by atoms with van der Waals surface area (Å²) in [6.45, 7) is 3.84. The predicted octanol–water partition coefficient (Wildman–Crippen LogP) is 1.01. The second-order valence-corrected chi connectivity index (χ2v) is 5.88. The maximum atomic E-state index is 11.8. The standard InChI is InChI=1S/C13H21NO4S/c1-9(15)14-5-6-19-8-12-11(3-4-13(12)17)7-18-10(2)16/h11-12H,3-8H2,1-2H3,(H,14,15)/t11-,12-/m1/s1. The summed E-state index contributed by atoms with van der Waals surface area (Å²) < 4.78 is 5.01. The maximum absolute atomic E-state index is 11.8. The summed E-state index contributed by atoms with van der Waals surface area (Å²) in [4.78, 5) is 33.3. The molecular formula is C13H21NO4S. The van der Waals surface area contributed by atoms with Gasteiger partial charge < -0.3 is 10.1 Å². The van der Waals surface area contributed by atoms with Crippen LogP contribution in [0.5, 0.6) is 0 Å². The fraction of sp³-hybridized carbons (Fsp3) is 0.769. The van der Waals surface area contributed by atoms with E-state index in [0.29, 0.717) is 19.6 Å². The second-order valence-electron chi connectivity index (χ2n) is 4.73. The van der Waals surface area contributed by atoms with Crippen molar-refractivity contribution >= 4 is 29.4 Å². The minimum absolute atomic E-state index is 0.0123. The number of thioether (sulfide) groups is 1. The molecule has 108 valence electrons. The van der Waals surface area contributed by atoms with Crippen LogP contribution in [0, 0.1) is 11.8 Å². The van der Waals surface area contributed by atoms with Gasteiger partial charge in [0.25, 0.3) is 0 Å². The number of esters is 1. The summed E-state index contributed by atoms with van der Waals surface area (Å²) in [5, 5.41) is 2.72. The van der Waals surface area contributed by atoms with E-state index in [2.05, 4.69) is 5.32 Å². The van der Waals surface area contributed by atoms with Crippen molar-refractivity contribution in [1.29, 1.82) is 0 Å². The molecule has 1 fully saturated rings. The highest BCUT2D eigenvalue weighted by Crippen LogP contribution is 2.31. The lowest BCUT2D eigenvalue weighted by Crippen LogP contribution is -2.25. The first kappa shape index (κ1) is 16.0. The lowest BCUT2D eigenvalue weighted by Gasteiger charge is -2.17. The van der Waals surface area contributed by atoms with Crippen LogP contribution in [0.1, 0.15) is 26.7 Å². The van der Waals surface area contributed by atoms with Crippen LogP contribution in [-0.4, -0.2) is 42.3 Å². The van der Waals surface area contributed by atoms with Gasteiger partial charge in [-0.15, -0.1) is 0 Å². The number of carbonyl (C=O) groups is 3.